The molecule has 0 aliphatic rings. The summed E-state index contributed by atoms with van der Waals surface area (Å²) in [4.78, 5) is 12.2. The summed E-state index contributed by atoms with van der Waals surface area (Å²) in [7, 11) is 0. The number of benzene rings is 1. The average Bonchev–Trinajstić information content (AvgIpc) is 2.31. The van der Waals surface area contributed by atoms with Gasteiger partial charge in [-0.1, -0.05) is 30.8 Å². The Labute approximate surface area is 116 Å². The van der Waals surface area contributed by atoms with Gasteiger partial charge in [-0.15, -0.1) is 0 Å². The number of carbonyl (C=O) groups is 1. The number of nitrogens with one attached hydrogen (secondary N) is 2. The summed E-state index contributed by atoms with van der Waals surface area (Å²) in [5.74, 6) is -2.69. The number of hydrogen-bond donors (Lipinski definition) is 2. The summed E-state index contributed by atoms with van der Waals surface area (Å²) in [5.41, 5.74) is 0.432. The molecule has 0 saturated heterocycles. The second-order valence-electron chi connectivity index (χ2n) is 4.09. The Hall–Kier alpha value is -1.14. The lowest BCUT2D eigenvalue weighted by molar-refractivity contribution is -0.116. The largest absolute Gasteiger partial charge is 0.325 e. The van der Waals surface area contributed by atoms with E-state index in [0.29, 0.717) is 28.8 Å². The highest BCUT2D eigenvalue weighted by molar-refractivity contribution is 7.99. The number of thioether (sulfide) groups is 1. The van der Waals surface area contributed by atoms with Crippen LogP contribution in [0.3, 0.4) is 0 Å². The van der Waals surface area contributed by atoms with Gasteiger partial charge in [-0.05, 0) is 25.6 Å². The number of halogens is 2. The molecule has 3 nitrogen and oxygen atoms in total. The molecule has 0 spiro atoms. The van der Waals surface area contributed by atoms with Crippen molar-refractivity contribution in [3.8, 4) is 0 Å². The predicted molar refractivity (Wildman–Crippen MR) is 74.7 cm³/mol. The van der Waals surface area contributed by atoms with Gasteiger partial charge in [0.1, 0.15) is 0 Å². The highest BCUT2D eigenvalue weighted by atomic mass is 32.2. The van der Waals surface area contributed by atoms with Crippen LogP contribution in [0, 0.1) is 0 Å². The van der Waals surface area contributed by atoms with E-state index < -0.39 is 5.76 Å². The fraction of sp³-hybridized carbons (Fsp3) is 0.462. The molecule has 19 heavy (non-hydrogen) atoms. The maximum atomic E-state index is 12.4. The van der Waals surface area contributed by atoms with Gasteiger partial charge in [0.25, 0.3) is 5.76 Å². The fourth-order valence-electron chi connectivity index (χ4n) is 1.67. The first kappa shape index (κ1) is 15.9. The van der Waals surface area contributed by atoms with E-state index in [9.17, 15) is 13.6 Å². The third kappa shape index (κ3) is 6.02. The summed E-state index contributed by atoms with van der Waals surface area (Å²) in [6.07, 6.45) is 0.307. The number of anilines is 1. The Morgan fingerprint density at radius 1 is 1.37 bits per heavy atom. The molecule has 0 aliphatic heterocycles. The van der Waals surface area contributed by atoms with Gasteiger partial charge in [0.05, 0.1) is 5.69 Å². The van der Waals surface area contributed by atoms with Crippen molar-refractivity contribution >= 4 is 23.4 Å². The van der Waals surface area contributed by atoms with Crippen molar-refractivity contribution in [3.63, 3.8) is 0 Å². The molecule has 106 valence electrons. The Kier molecular flexibility index (Phi) is 6.80. The molecule has 1 rings (SSSR count). The number of hydrogen-bond acceptors (Lipinski definition) is 3. The fourth-order valence-corrected chi connectivity index (χ4v) is 2.26. The summed E-state index contributed by atoms with van der Waals surface area (Å²) in [6, 6.07) is 6.63. The SMILES string of the molecule is CCNC(C)CC(=O)Nc1ccccc1SC(F)F. The quantitative estimate of drug-likeness (QED) is 0.756. The van der Waals surface area contributed by atoms with Crippen molar-refractivity contribution in [2.45, 2.75) is 37.0 Å². The lowest BCUT2D eigenvalue weighted by Gasteiger charge is -2.14. The van der Waals surface area contributed by atoms with Crippen LogP contribution in [0.1, 0.15) is 20.3 Å². The van der Waals surface area contributed by atoms with Crippen molar-refractivity contribution in [1.82, 2.24) is 5.32 Å². The summed E-state index contributed by atoms with van der Waals surface area (Å²) >= 11 is 0.433. The average molecular weight is 288 g/mol. The van der Waals surface area contributed by atoms with Gasteiger partial charge >= 0.3 is 0 Å². The smallest absolute Gasteiger partial charge is 0.288 e. The first-order valence-corrected chi connectivity index (χ1v) is 6.98. The molecule has 0 aliphatic carbocycles. The number of carbonyl (C=O) groups excluding carboxylic acids is 1. The van der Waals surface area contributed by atoms with Crippen LogP contribution >= 0.6 is 11.8 Å². The van der Waals surface area contributed by atoms with Gasteiger partial charge in [-0.25, -0.2) is 0 Å². The molecule has 0 bridgehead atoms. The molecule has 1 aromatic carbocycles. The Morgan fingerprint density at radius 2 is 2.05 bits per heavy atom. The molecule has 1 atom stereocenters. The molecule has 1 amide bonds. The van der Waals surface area contributed by atoms with Crippen LogP contribution in [0.15, 0.2) is 29.2 Å². The highest BCUT2D eigenvalue weighted by Gasteiger charge is 2.13. The summed E-state index contributed by atoms with van der Waals surface area (Å²) in [5, 5.41) is 5.80. The lowest BCUT2D eigenvalue weighted by Crippen LogP contribution is -2.30. The van der Waals surface area contributed by atoms with Gasteiger partial charge in [0, 0.05) is 17.4 Å². The number of alkyl halides is 2. The zero-order valence-corrected chi connectivity index (χ0v) is 11.8. The minimum absolute atomic E-state index is 0.0555. The van der Waals surface area contributed by atoms with Gasteiger partial charge in [-0.3, -0.25) is 4.79 Å². The van der Waals surface area contributed by atoms with Crippen LogP contribution < -0.4 is 10.6 Å². The Balaban J connectivity index is 2.63. The minimum atomic E-state index is -2.50. The van der Waals surface area contributed by atoms with Gasteiger partial charge in [0.2, 0.25) is 5.91 Å². The normalized spacial score (nSPS) is 12.5. The second kappa shape index (κ2) is 8.12. The van der Waals surface area contributed by atoms with E-state index in [0.717, 1.165) is 6.54 Å². The third-order valence-corrected chi connectivity index (χ3v) is 3.21. The van der Waals surface area contributed by atoms with Crippen LogP contribution in [-0.4, -0.2) is 24.3 Å². The molecule has 6 heteroatoms. The molecule has 1 aromatic rings. The standard InChI is InChI=1S/C13H18F2N2OS/c1-3-16-9(2)8-12(18)17-10-6-4-5-7-11(10)19-13(14)15/h4-7,9,13,16H,3,8H2,1-2H3,(H,17,18). The van der Waals surface area contributed by atoms with Crippen molar-refractivity contribution in [1.29, 1.82) is 0 Å². The number of para-hydroxylation sites is 1. The van der Waals surface area contributed by atoms with Crippen molar-refractivity contribution in [2.24, 2.45) is 0 Å². The molecule has 0 radical (unpaired) electrons. The predicted octanol–water partition coefficient (Wildman–Crippen LogP) is 3.33. The van der Waals surface area contributed by atoms with E-state index in [2.05, 4.69) is 10.6 Å². The summed E-state index contributed by atoms with van der Waals surface area (Å²) < 4.78 is 24.8. The van der Waals surface area contributed by atoms with Gasteiger partial charge < -0.3 is 10.6 Å². The van der Waals surface area contributed by atoms with Gasteiger partial charge in [-0.2, -0.15) is 8.78 Å². The van der Waals surface area contributed by atoms with Crippen LogP contribution in [0.5, 0.6) is 0 Å². The summed E-state index contributed by atoms with van der Waals surface area (Å²) in [6.45, 7) is 4.65. The number of amides is 1. The molecule has 0 saturated carbocycles. The zero-order chi connectivity index (χ0) is 14.3. The van der Waals surface area contributed by atoms with E-state index in [1.54, 1.807) is 24.3 Å². The topological polar surface area (TPSA) is 41.1 Å². The van der Waals surface area contributed by atoms with E-state index >= 15 is 0 Å². The van der Waals surface area contributed by atoms with Gasteiger partial charge in [0.15, 0.2) is 0 Å². The highest BCUT2D eigenvalue weighted by Crippen LogP contribution is 2.31. The van der Waals surface area contributed by atoms with Crippen LogP contribution in [0.25, 0.3) is 0 Å². The number of rotatable bonds is 7. The van der Waals surface area contributed by atoms with E-state index in [1.165, 1.54) is 0 Å². The zero-order valence-electron chi connectivity index (χ0n) is 11.0. The minimum Gasteiger partial charge on any atom is -0.325 e. The maximum absolute atomic E-state index is 12.4. The monoisotopic (exact) mass is 288 g/mol. The first-order valence-electron chi connectivity index (χ1n) is 6.10. The van der Waals surface area contributed by atoms with Crippen molar-refractivity contribution in [2.75, 3.05) is 11.9 Å². The lowest BCUT2D eigenvalue weighted by atomic mass is 10.2. The van der Waals surface area contributed by atoms with Crippen LogP contribution in [0.4, 0.5) is 14.5 Å². The Bertz CT molecular complexity index is 415. The van der Waals surface area contributed by atoms with E-state index in [4.69, 9.17) is 0 Å². The van der Waals surface area contributed by atoms with E-state index in [1.807, 2.05) is 13.8 Å². The van der Waals surface area contributed by atoms with Crippen LogP contribution in [0.2, 0.25) is 0 Å². The molecular weight excluding hydrogens is 270 g/mol. The Morgan fingerprint density at radius 3 is 2.68 bits per heavy atom. The molecular formula is C13H18F2N2OS. The third-order valence-electron chi connectivity index (χ3n) is 2.42. The van der Waals surface area contributed by atoms with Crippen molar-refractivity contribution < 1.29 is 13.6 Å². The molecule has 0 aromatic heterocycles. The maximum Gasteiger partial charge on any atom is 0.288 e. The van der Waals surface area contributed by atoms with E-state index in [-0.39, 0.29) is 11.9 Å². The molecule has 1 unspecified atom stereocenters. The molecule has 0 heterocycles. The first-order chi connectivity index (χ1) is 9.02. The van der Waals surface area contributed by atoms with Crippen LogP contribution in [-0.2, 0) is 4.79 Å². The van der Waals surface area contributed by atoms with Crippen molar-refractivity contribution in [3.05, 3.63) is 24.3 Å². The molecule has 0 fully saturated rings. The second-order valence-corrected chi connectivity index (χ2v) is 5.12. The molecule has 2 N–H and O–H groups in total.